The molecule has 0 amide bonds. The number of benzene rings is 1. The molecule has 0 radical (unpaired) electrons. The molecule has 1 aromatic carbocycles. The van der Waals surface area contributed by atoms with Gasteiger partial charge in [-0.3, -0.25) is 0 Å². The largest absolute Gasteiger partial charge is 0.488 e. The number of hydrogen-bond donors (Lipinski definition) is 2. The van der Waals surface area contributed by atoms with Crippen LogP contribution in [0, 0.1) is 5.82 Å². The third-order valence-electron chi connectivity index (χ3n) is 2.87. The molecule has 0 bridgehead atoms. The topological polar surface area (TPSA) is 41.5 Å². The average molecular weight is 301 g/mol. The molecule has 2 N–H and O–H groups in total. The third-order valence-corrected chi connectivity index (χ3v) is 3.80. The molecule has 3 nitrogen and oxygen atoms in total. The number of thioether (sulfide) groups is 1. The molecule has 2 unspecified atom stereocenters. The monoisotopic (exact) mass is 301 g/mol. The van der Waals surface area contributed by atoms with E-state index in [0.29, 0.717) is 12.6 Å². The average Bonchev–Trinajstić information content (AvgIpc) is 2.44. The second kappa shape index (κ2) is 10.0. The quantitative estimate of drug-likeness (QED) is 0.652. The minimum atomic E-state index is -0.643. The second-order valence-electron chi connectivity index (χ2n) is 4.69. The SMILES string of the molecule is CCSCCC(C)NCC(O)COc1ccccc1F. The summed E-state index contributed by atoms with van der Waals surface area (Å²) in [6.07, 6.45) is 0.426. The van der Waals surface area contributed by atoms with Crippen molar-refractivity contribution >= 4 is 11.8 Å². The Kier molecular flexibility index (Phi) is 8.65. The van der Waals surface area contributed by atoms with Gasteiger partial charge in [0.05, 0.1) is 0 Å². The van der Waals surface area contributed by atoms with Crippen LogP contribution in [0.5, 0.6) is 5.75 Å². The number of rotatable bonds is 10. The van der Waals surface area contributed by atoms with Crippen molar-refractivity contribution in [1.29, 1.82) is 0 Å². The summed E-state index contributed by atoms with van der Waals surface area (Å²) in [5, 5.41) is 13.1. The molecule has 1 rings (SSSR count). The zero-order chi connectivity index (χ0) is 14.8. The van der Waals surface area contributed by atoms with Crippen LogP contribution in [0.4, 0.5) is 4.39 Å². The number of aliphatic hydroxyl groups is 1. The number of para-hydroxylation sites is 1. The Balaban J connectivity index is 2.17. The molecular formula is C15H24FNO2S. The van der Waals surface area contributed by atoms with Crippen molar-refractivity contribution in [3.05, 3.63) is 30.1 Å². The van der Waals surface area contributed by atoms with Crippen molar-refractivity contribution in [3.63, 3.8) is 0 Å². The molecule has 2 atom stereocenters. The lowest BCUT2D eigenvalue weighted by atomic mass is 10.2. The molecule has 0 aliphatic rings. The van der Waals surface area contributed by atoms with Crippen molar-refractivity contribution in [3.8, 4) is 5.75 Å². The fraction of sp³-hybridized carbons (Fsp3) is 0.600. The van der Waals surface area contributed by atoms with Crippen LogP contribution >= 0.6 is 11.8 Å². The van der Waals surface area contributed by atoms with Crippen LogP contribution in [0.2, 0.25) is 0 Å². The first-order valence-electron chi connectivity index (χ1n) is 7.00. The molecule has 0 aliphatic heterocycles. The van der Waals surface area contributed by atoms with Gasteiger partial charge in [-0.1, -0.05) is 19.1 Å². The summed E-state index contributed by atoms with van der Waals surface area (Å²) in [5.74, 6) is 2.02. The van der Waals surface area contributed by atoms with Crippen LogP contribution in [0.25, 0.3) is 0 Å². The molecule has 0 spiro atoms. The van der Waals surface area contributed by atoms with Crippen LogP contribution in [-0.4, -0.2) is 41.9 Å². The predicted octanol–water partition coefficient (Wildman–Crippen LogP) is 2.69. The Labute approximate surface area is 124 Å². The van der Waals surface area contributed by atoms with Gasteiger partial charge in [-0.25, -0.2) is 4.39 Å². The fourth-order valence-corrected chi connectivity index (χ4v) is 2.46. The summed E-state index contributed by atoms with van der Waals surface area (Å²) < 4.78 is 18.6. The molecular weight excluding hydrogens is 277 g/mol. The van der Waals surface area contributed by atoms with E-state index in [9.17, 15) is 9.50 Å². The van der Waals surface area contributed by atoms with Gasteiger partial charge in [0.2, 0.25) is 0 Å². The highest BCUT2D eigenvalue weighted by molar-refractivity contribution is 7.99. The van der Waals surface area contributed by atoms with Crippen LogP contribution in [0.15, 0.2) is 24.3 Å². The van der Waals surface area contributed by atoms with Crippen molar-refractivity contribution in [1.82, 2.24) is 5.32 Å². The van der Waals surface area contributed by atoms with Gasteiger partial charge in [0.15, 0.2) is 11.6 Å². The molecule has 1 aromatic rings. The first kappa shape index (κ1) is 17.3. The maximum atomic E-state index is 13.3. The Hall–Kier alpha value is -0.780. The molecule has 5 heteroatoms. The van der Waals surface area contributed by atoms with Crippen LogP contribution in [-0.2, 0) is 0 Å². The van der Waals surface area contributed by atoms with E-state index in [4.69, 9.17) is 4.74 Å². The maximum absolute atomic E-state index is 13.3. The van der Waals surface area contributed by atoms with Gasteiger partial charge in [-0.05, 0) is 37.0 Å². The lowest BCUT2D eigenvalue weighted by Crippen LogP contribution is -2.36. The summed E-state index contributed by atoms with van der Waals surface area (Å²) in [4.78, 5) is 0. The van der Waals surface area contributed by atoms with Gasteiger partial charge in [0.1, 0.15) is 12.7 Å². The Bertz CT molecular complexity index is 379. The first-order chi connectivity index (χ1) is 9.63. The lowest BCUT2D eigenvalue weighted by Gasteiger charge is -2.17. The van der Waals surface area contributed by atoms with Gasteiger partial charge in [-0.2, -0.15) is 11.8 Å². The Morgan fingerprint density at radius 2 is 2.15 bits per heavy atom. The number of hydrogen-bond acceptors (Lipinski definition) is 4. The number of aliphatic hydroxyl groups excluding tert-OH is 1. The minimum Gasteiger partial charge on any atom is -0.488 e. The van der Waals surface area contributed by atoms with E-state index in [1.165, 1.54) is 6.07 Å². The van der Waals surface area contributed by atoms with E-state index >= 15 is 0 Å². The molecule has 0 aromatic heterocycles. The van der Waals surface area contributed by atoms with Crippen molar-refractivity contribution in [2.45, 2.75) is 32.4 Å². The highest BCUT2D eigenvalue weighted by Crippen LogP contribution is 2.15. The standard InChI is InChI=1S/C15H24FNO2S/c1-3-20-9-8-12(2)17-10-13(18)11-19-15-7-5-4-6-14(15)16/h4-7,12-13,17-18H,3,8-11H2,1-2H3. The molecule has 114 valence electrons. The molecule has 0 saturated heterocycles. The maximum Gasteiger partial charge on any atom is 0.165 e. The smallest absolute Gasteiger partial charge is 0.165 e. The number of nitrogens with one attached hydrogen (secondary N) is 1. The van der Waals surface area contributed by atoms with E-state index < -0.39 is 11.9 Å². The van der Waals surface area contributed by atoms with Crippen LogP contribution in [0.3, 0.4) is 0 Å². The first-order valence-corrected chi connectivity index (χ1v) is 8.15. The summed E-state index contributed by atoms with van der Waals surface area (Å²) in [5.41, 5.74) is 0. The highest BCUT2D eigenvalue weighted by atomic mass is 32.2. The summed E-state index contributed by atoms with van der Waals surface area (Å²) in [6, 6.07) is 6.57. The van der Waals surface area contributed by atoms with Gasteiger partial charge >= 0.3 is 0 Å². The van der Waals surface area contributed by atoms with Gasteiger partial charge in [0, 0.05) is 12.6 Å². The van der Waals surface area contributed by atoms with Gasteiger partial charge < -0.3 is 15.2 Å². The van der Waals surface area contributed by atoms with Gasteiger partial charge in [-0.15, -0.1) is 0 Å². The summed E-state index contributed by atoms with van der Waals surface area (Å²) in [7, 11) is 0. The summed E-state index contributed by atoms with van der Waals surface area (Å²) in [6.45, 7) is 4.78. The Morgan fingerprint density at radius 1 is 1.40 bits per heavy atom. The molecule has 20 heavy (non-hydrogen) atoms. The molecule has 0 fully saturated rings. The van der Waals surface area contributed by atoms with E-state index in [0.717, 1.165) is 17.9 Å². The second-order valence-corrected chi connectivity index (χ2v) is 6.08. The molecule has 0 heterocycles. The Morgan fingerprint density at radius 3 is 2.85 bits per heavy atom. The third kappa shape index (κ3) is 7.12. The van der Waals surface area contributed by atoms with E-state index in [2.05, 4.69) is 19.2 Å². The van der Waals surface area contributed by atoms with E-state index in [-0.39, 0.29) is 12.4 Å². The predicted molar refractivity (Wildman–Crippen MR) is 83.0 cm³/mol. The van der Waals surface area contributed by atoms with Crippen LogP contribution in [0.1, 0.15) is 20.3 Å². The fourth-order valence-electron chi connectivity index (χ4n) is 1.65. The molecule has 0 saturated carbocycles. The zero-order valence-corrected chi connectivity index (χ0v) is 13.0. The van der Waals surface area contributed by atoms with Crippen molar-refractivity contribution < 1.29 is 14.2 Å². The van der Waals surface area contributed by atoms with Crippen LogP contribution < -0.4 is 10.1 Å². The summed E-state index contributed by atoms with van der Waals surface area (Å²) >= 11 is 1.91. The minimum absolute atomic E-state index is 0.0877. The van der Waals surface area contributed by atoms with Crippen molar-refractivity contribution in [2.75, 3.05) is 24.7 Å². The van der Waals surface area contributed by atoms with E-state index in [1.54, 1.807) is 18.2 Å². The van der Waals surface area contributed by atoms with Gasteiger partial charge in [0.25, 0.3) is 0 Å². The van der Waals surface area contributed by atoms with Crippen molar-refractivity contribution in [2.24, 2.45) is 0 Å². The zero-order valence-electron chi connectivity index (χ0n) is 12.1. The normalized spacial score (nSPS) is 14.0. The number of ether oxygens (including phenoxy) is 1. The number of halogens is 1. The van der Waals surface area contributed by atoms with E-state index in [1.807, 2.05) is 11.8 Å². The highest BCUT2D eigenvalue weighted by Gasteiger charge is 2.09. The molecule has 0 aliphatic carbocycles. The lowest BCUT2D eigenvalue weighted by molar-refractivity contribution is 0.102.